The molecule has 2 aromatic heterocycles. The van der Waals surface area contributed by atoms with Gasteiger partial charge in [0.25, 0.3) is 0 Å². The molecule has 2 heterocycles. The summed E-state index contributed by atoms with van der Waals surface area (Å²) >= 11 is 2.29. The topological polar surface area (TPSA) is 3.88 Å². The second-order valence-electron chi connectivity index (χ2n) is 6.17. The fourth-order valence-corrected chi connectivity index (χ4v) is 7.74. The quantitative estimate of drug-likeness (QED) is 0.277. The fourth-order valence-electron chi connectivity index (χ4n) is 3.44. The van der Waals surface area contributed by atoms with Gasteiger partial charge < -0.3 is 0 Å². The molecule has 24 heavy (non-hydrogen) atoms. The van der Waals surface area contributed by atoms with Crippen molar-refractivity contribution in [2.75, 3.05) is 0 Å². The Bertz CT molecular complexity index is 1230. The molecule has 0 aliphatic heterocycles. The van der Waals surface area contributed by atoms with Gasteiger partial charge in [0.1, 0.15) is 0 Å². The summed E-state index contributed by atoms with van der Waals surface area (Å²) in [5.74, 6) is 0. The standard InChI is InChI=1S/C21H16NSSe/c1-13-7-3-4-8-14(13)21-22(2)17-12-11-16-15-9-5-6-10-18(15)23-19(16)20(17)24-21/h3-12H,1-2H3/q+1. The summed E-state index contributed by atoms with van der Waals surface area (Å²) in [6.45, 7) is 2.21. The molecule has 0 N–H and O–H groups in total. The van der Waals surface area contributed by atoms with E-state index in [0.717, 1.165) is 0 Å². The average Bonchev–Trinajstić information content (AvgIpc) is 3.14. The molecule has 1 nitrogen and oxygen atoms in total. The maximum atomic E-state index is 2.40. The second-order valence-corrected chi connectivity index (χ2v) is 9.32. The molecule has 0 aliphatic rings. The first-order valence-electron chi connectivity index (χ1n) is 8.03. The monoisotopic (exact) mass is 394 g/mol. The zero-order chi connectivity index (χ0) is 16.3. The van der Waals surface area contributed by atoms with Gasteiger partial charge in [0.05, 0.1) is 0 Å². The molecule has 5 aromatic rings. The van der Waals surface area contributed by atoms with Crippen LogP contribution in [0.25, 0.3) is 40.1 Å². The van der Waals surface area contributed by atoms with Crippen molar-refractivity contribution in [3.05, 3.63) is 66.2 Å². The van der Waals surface area contributed by atoms with Gasteiger partial charge in [-0.25, -0.2) is 0 Å². The van der Waals surface area contributed by atoms with Crippen molar-refractivity contribution >= 4 is 55.8 Å². The molecule has 0 saturated carbocycles. The molecule has 5 rings (SSSR count). The van der Waals surface area contributed by atoms with Crippen LogP contribution in [0, 0.1) is 6.92 Å². The Balaban J connectivity index is 1.91. The summed E-state index contributed by atoms with van der Waals surface area (Å²) in [5, 5.41) is 2.80. The van der Waals surface area contributed by atoms with E-state index < -0.39 is 0 Å². The van der Waals surface area contributed by atoms with Gasteiger partial charge in [0, 0.05) is 0 Å². The SMILES string of the molecule is Cc1ccccc1-c1[se]c2c3sc4ccccc4c3ccc2[n+]1C. The van der Waals surface area contributed by atoms with Crippen molar-refractivity contribution < 1.29 is 4.57 Å². The van der Waals surface area contributed by atoms with E-state index in [-0.39, 0.29) is 0 Å². The second kappa shape index (κ2) is 5.29. The molecule has 0 radical (unpaired) electrons. The normalized spacial score (nSPS) is 11.8. The molecule has 0 fully saturated rings. The summed E-state index contributed by atoms with van der Waals surface area (Å²) in [7, 11) is 2.22. The average molecular weight is 393 g/mol. The van der Waals surface area contributed by atoms with E-state index >= 15 is 0 Å². The zero-order valence-electron chi connectivity index (χ0n) is 13.5. The molecular weight excluding hydrogens is 377 g/mol. The predicted octanol–water partition coefficient (Wildman–Crippen LogP) is 5.06. The Morgan fingerprint density at radius 2 is 1.67 bits per heavy atom. The van der Waals surface area contributed by atoms with Gasteiger partial charge >= 0.3 is 151 Å². The Morgan fingerprint density at radius 1 is 0.875 bits per heavy atom. The molecule has 116 valence electrons. The molecule has 0 aliphatic carbocycles. The summed E-state index contributed by atoms with van der Waals surface area (Å²) < 4.78 is 8.29. The minimum atomic E-state index is 0.344. The Kier molecular flexibility index (Phi) is 3.17. The zero-order valence-corrected chi connectivity index (χ0v) is 16.1. The molecule has 3 heteroatoms. The van der Waals surface area contributed by atoms with E-state index in [2.05, 4.69) is 79.2 Å². The van der Waals surface area contributed by atoms with Gasteiger partial charge in [0.15, 0.2) is 0 Å². The number of nitrogens with zero attached hydrogens (tertiary/aromatic N) is 1. The van der Waals surface area contributed by atoms with Crippen LogP contribution in [-0.2, 0) is 7.05 Å². The first-order valence-corrected chi connectivity index (χ1v) is 10.6. The van der Waals surface area contributed by atoms with Crippen LogP contribution in [0.3, 0.4) is 0 Å². The molecular formula is C21H16NSSe+. The van der Waals surface area contributed by atoms with Crippen LogP contribution in [0.2, 0.25) is 0 Å². The summed E-state index contributed by atoms with van der Waals surface area (Å²) in [6, 6.07) is 22.1. The van der Waals surface area contributed by atoms with Crippen molar-refractivity contribution in [3.8, 4) is 10.1 Å². The fraction of sp³-hybridized carbons (Fsp3) is 0.0952. The van der Waals surface area contributed by atoms with Crippen molar-refractivity contribution in [3.63, 3.8) is 0 Å². The molecule has 0 bridgehead atoms. The molecule has 3 aromatic carbocycles. The number of hydrogen-bond donors (Lipinski definition) is 0. The Labute approximate surface area is 150 Å². The number of aryl methyl sites for hydroxylation is 2. The third-order valence-corrected chi connectivity index (χ3v) is 8.95. The van der Waals surface area contributed by atoms with Crippen molar-refractivity contribution in [1.29, 1.82) is 0 Å². The maximum absolute atomic E-state index is 2.40. The Hall–Kier alpha value is -1.93. The van der Waals surface area contributed by atoms with Crippen LogP contribution in [0.1, 0.15) is 5.56 Å². The first-order chi connectivity index (χ1) is 11.7. The van der Waals surface area contributed by atoms with Crippen LogP contribution in [0.5, 0.6) is 0 Å². The van der Waals surface area contributed by atoms with Crippen LogP contribution < -0.4 is 4.57 Å². The molecule has 0 spiro atoms. The van der Waals surface area contributed by atoms with E-state index in [9.17, 15) is 0 Å². The van der Waals surface area contributed by atoms with Crippen molar-refractivity contribution in [2.45, 2.75) is 6.92 Å². The third-order valence-electron chi connectivity index (χ3n) is 4.72. The third kappa shape index (κ3) is 1.96. The van der Waals surface area contributed by atoms with Crippen LogP contribution in [-0.4, -0.2) is 14.5 Å². The van der Waals surface area contributed by atoms with Crippen molar-refractivity contribution in [1.82, 2.24) is 0 Å². The number of hydrogen-bond acceptors (Lipinski definition) is 1. The predicted molar refractivity (Wildman–Crippen MR) is 105 cm³/mol. The summed E-state index contributed by atoms with van der Waals surface area (Å²) in [6.07, 6.45) is 0. The van der Waals surface area contributed by atoms with E-state index in [1.807, 2.05) is 11.3 Å². The van der Waals surface area contributed by atoms with Gasteiger partial charge in [-0.2, -0.15) is 0 Å². The van der Waals surface area contributed by atoms with E-state index in [1.54, 1.807) is 4.26 Å². The van der Waals surface area contributed by atoms with Gasteiger partial charge in [-0.3, -0.25) is 0 Å². The number of fused-ring (bicyclic) bond motifs is 5. The molecule has 0 unspecified atom stereocenters. The number of benzene rings is 3. The van der Waals surface area contributed by atoms with E-state index in [0.29, 0.717) is 14.5 Å². The van der Waals surface area contributed by atoms with Crippen LogP contribution in [0.4, 0.5) is 0 Å². The number of rotatable bonds is 1. The Morgan fingerprint density at radius 3 is 2.54 bits per heavy atom. The molecule has 0 saturated heterocycles. The van der Waals surface area contributed by atoms with Crippen molar-refractivity contribution in [2.24, 2.45) is 7.05 Å². The molecule has 0 amide bonds. The first kappa shape index (κ1) is 14.4. The van der Waals surface area contributed by atoms with E-state index in [1.165, 1.54) is 41.4 Å². The summed E-state index contributed by atoms with van der Waals surface area (Å²) in [5.41, 5.74) is 4.14. The summed E-state index contributed by atoms with van der Waals surface area (Å²) in [4.78, 5) is 0. The van der Waals surface area contributed by atoms with Gasteiger partial charge in [0.2, 0.25) is 0 Å². The minimum absolute atomic E-state index is 0.344. The number of thiophene rings is 1. The molecule has 0 atom stereocenters. The van der Waals surface area contributed by atoms with Gasteiger partial charge in [-0.05, 0) is 0 Å². The van der Waals surface area contributed by atoms with Crippen LogP contribution >= 0.6 is 11.3 Å². The van der Waals surface area contributed by atoms with E-state index in [4.69, 9.17) is 0 Å². The number of aromatic nitrogens is 1. The van der Waals surface area contributed by atoms with Crippen LogP contribution in [0.15, 0.2) is 60.7 Å². The van der Waals surface area contributed by atoms with Gasteiger partial charge in [-0.1, -0.05) is 0 Å². The van der Waals surface area contributed by atoms with Gasteiger partial charge in [-0.15, -0.1) is 0 Å².